The number of hydrogen-bond acceptors (Lipinski definition) is 16. The first-order valence-corrected chi connectivity index (χ1v) is 23.4. The van der Waals surface area contributed by atoms with E-state index >= 15 is 0 Å². The van der Waals surface area contributed by atoms with Crippen molar-refractivity contribution in [1.82, 2.24) is 9.80 Å². The molecule has 2 aromatic carbocycles. The van der Waals surface area contributed by atoms with Crippen molar-refractivity contribution in [3.63, 3.8) is 0 Å². The number of nitrogens with zero attached hydrogens (tertiary/aromatic N) is 2. The second-order valence-electron chi connectivity index (χ2n) is 16.9. The van der Waals surface area contributed by atoms with Gasteiger partial charge >= 0.3 is 48.0 Å². The lowest BCUT2D eigenvalue weighted by Gasteiger charge is -2.33. The van der Waals surface area contributed by atoms with Gasteiger partial charge in [-0.05, 0) is 99.6 Å². The van der Waals surface area contributed by atoms with Gasteiger partial charge in [0.15, 0.2) is 0 Å². The molecule has 0 spiro atoms. The second-order valence-corrected chi connectivity index (χ2v) is 16.9. The number of benzene rings is 2. The summed E-state index contributed by atoms with van der Waals surface area (Å²) in [6.45, 7) is 9.91. The summed E-state index contributed by atoms with van der Waals surface area (Å²) < 4.78 is 43.0. The van der Waals surface area contributed by atoms with Crippen LogP contribution >= 0.6 is 0 Å². The van der Waals surface area contributed by atoms with Gasteiger partial charge < -0.3 is 47.7 Å². The van der Waals surface area contributed by atoms with Crippen molar-refractivity contribution in [2.75, 3.05) is 52.6 Å². The summed E-state index contributed by atoms with van der Waals surface area (Å²) in [5, 5.41) is 0. The molecule has 2 aromatic rings. The molecule has 18 heteroatoms. The van der Waals surface area contributed by atoms with E-state index < -0.39 is 48.0 Å². The Kier molecular flexibility index (Phi) is 20.4. The first kappa shape index (κ1) is 52.3. The third kappa shape index (κ3) is 15.7. The number of amides is 2. The molecule has 68 heavy (non-hydrogen) atoms. The molecule has 2 aliphatic carbocycles. The minimum absolute atomic E-state index is 0.0334. The number of carbonyl (C=O) groups is 8. The quantitative estimate of drug-likeness (QED) is 0.0407. The molecule has 5 rings (SSSR count). The zero-order valence-electron chi connectivity index (χ0n) is 38.9. The van der Waals surface area contributed by atoms with Crippen LogP contribution in [0.5, 0.6) is 23.0 Å². The molecule has 1 aliphatic heterocycles. The third-order valence-corrected chi connectivity index (χ3v) is 12.2. The predicted molar refractivity (Wildman–Crippen MR) is 243 cm³/mol. The molecule has 3 aliphatic rings. The minimum Gasteiger partial charge on any atom is -0.459 e. The lowest BCUT2D eigenvalue weighted by atomic mass is 9.80. The molecule has 18 nitrogen and oxygen atoms in total. The van der Waals surface area contributed by atoms with E-state index in [9.17, 15) is 38.4 Å². The zero-order chi connectivity index (χ0) is 49.0. The predicted octanol–water partition coefficient (Wildman–Crippen LogP) is 7.80. The van der Waals surface area contributed by atoms with Crippen LogP contribution in [0.15, 0.2) is 61.7 Å². The van der Waals surface area contributed by atoms with Crippen LogP contribution in [0, 0.1) is 23.7 Å². The first-order chi connectivity index (χ1) is 32.8. The Morgan fingerprint density at radius 3 is 1.21 bits per heavy atom. The molecule has 2 saturated carbocycles. The van der Waals surface area contributed by atoms with Gasteiger partial charge in [-0.1, -0.05) is 52.7 Å². The molecule has 368 valence electrons. The molecule has 0 N–H and O–H groups in total. The summed E-state index contributed by atoms with van der Waals surface area (Å²) in [4.78, 5) is 105. The van der Waals surface area contributed by atoms with E-state index in [4.69, 9.17) is 37.9 Å². The van der Waals surface area contributed by atoms with Crippen LogP contribution in [0.1, 0.15) is 112 Å². The smallest absolute Gasteiger partial charge is 0.415 e. The highest BCUT2D eigenvalue weighted by Crippen LogP contribution is 2.35. The molecular weight excluding hydrogens is 885 g/mol. The molecule has 0 atom stereocenters. The fourth-order valence-corrected chi connectivity index (χ4v) is 8.44. The monoisotopic (exact) mass is 946 g/mol. The number of rotatable bonds is 20. The van der Waals surface area contributed by atoms with E-state index in [-0.39, 0.29) is 98.6 Å². The maximum Gasteiger partial charge on any atom is 0.415 e. The van der Waals surface area contributed by atoms with Gasteiger partial charge in [-0.15, -0.1) is 0 Å². The van der Waals surface area contributed by atoms with Crippen molar-refractivity contribution in [2.24, 2.45) is 23.7 Å². The van der Waals surface area contributed by atoms with Gasteiger partial charge in [0.25, 0.3) is 0 Å². The van der Waals surface area contributed by atoms with Crippen molar-refractivity contribution in [3.8, 4) is 23.0 Å². The van der Waals surface area contributed by atoms with Gasteiger partial charge in [-0.2, -0.15) is 0 Å². The molecule has 0 radical (unpaired) electrons. The van der Waals surface area contributed by atoms with E-state index in [2.05, 4.69) is 27.0 Å². The van der Waals surface area contributed by atoms with Crippen LogP contribution in [0.2, 0.25) is 0 Å². The molecule has 3 fully saturated rings. The number of ether oxygens (including phenoxy) is 8. The van der Waals surface area contributed by atoms with Crippen LogP contribution in [0.25, 0.3) is 0 Å². The summed E-state index contributed by atoms with van der Waals surface area (Å²) >= 11 is 0. The molecule has 1 saturated heterocycles. The minimum atomic E-state index is -0.912. The summed E-state index contributed by atoms with van der Waals surface area (Å²) in [5.41, 5.74) is -0.375. The normalized spacial score (nSPS) is 19.0. The van der Waals surface area contributed by atoms with Crippen molar-refractivity contribution in [2.45, 2.75) is 90.9 Å². The maximum atomic E-state index is 13.4. The van der Waals surface area contributed by atoms with Crippen LogP contribution in [0.3, 0.4) is 0 Å². The standard InChI is InChI=1S/C50H62N2O16/c1-5-9-33-11-15-35(16-12-33)45(55)67-41-21-19-37(31-39(41)47(57)63-29-27-61-43(53)7-3)65-49(59)51-23-25-52(26-24-51)50(60)66-38-20-22-42(40(32-38)48(58)64-30-28-62-44(54)8-4)68-46(56)36-17-13-34(10-6-2)14-18-36/h7-8,19-22,31-36H,3-6,9-18,23-30H2,1-2H3. The number of piperazine rings is 1. The molecular formula is C50H62N2O16. The number of hydrogen-bond donors (Lipinski definition) is 0. The topological polar surface area (TPSA) is 217 Å². The van der Waals surface area contributed by atoms with Crippen LogP contribution < -0.4 is 18.9 Å². The molecule has 0 unspecified atom stereocenters. The van der Waals surface area contributed by atoms with Crippen molar-refractivity contribution in [1.29, 1.82) is 0 Å². The number of esters is 6. The van der Waals surface area contributed by atoms with E-state index in [1.807, 2.05) is 0 Å². The Morgan fingerprint density at radius 2 is 0.868 bits per heavy atom. The lowest BCUT2D eigenvalue weighted by Crippen LogP contribution is -2.52. The summed E-state index contributed by atoms with van der Waals surface area (Å²) in [6.07, 6.45) is 11.0. The average molecular weight is 947 g/mol. The van der Waals surface area contributed by atoms with Gasteiger partial charge in [-0.25, -0.2) is 28.8 Å². The summed E-state index contributed by atoms with van der Waals surface area (Å²) in [6, 6.07) is 7.87. The van der Waals surface area contributed by atoms with Gasteiger partial charge in [0.2, 0.25) is 0 Å². The fraction of sp³-hybridized carbons (Fsp3) is 0.520. The summed E-state index contributed by atoms with van der Waals surface area (Å²) in [7, 11) is 0. The van der Waals surface area contributed by atoms with E-state index in [0.29, 0.717) is 37.5 Å². The van der Waals surface area contributed by atoms with E-state index in [1.165, 1.54) is 46.2 Å². The Hall–Kier alpha value is -6.72. The fourth-order valence-electron chi connectivity index (χ4n) is 8.44. The first-order valence-electron chi connectivity index (χ1n) is 23.4. The Morgan fingerprint density at radius 1 is 0.515 bits per heavy atom. The van der Waals surface area contributed by atoms with Crippen LogP contribution in [0.4, 0.5) is 9.59 Å². The van der Waals surface area contributed by atoms with Crippen molar-refractivity contribution in [3.05, 3.63) is 72.8 Å². The van der Waals surface area contributed by atoms with Crippen LogP contribution in [-0.4, -0.2) is 110 Å². The van der Waals surface area contributed by atoms with Crippen molar-refractivity contribution >= 4 is 48.0 Å². The van der Waals surface area contributed by atoms with E-state index in [1.54, 1.807) is 0 Å². The summed E-state index contributed by atoms with van der Waals surface area (Å²) in [5.74, 6) is -4.02. The third-order valence-electron chi connectivity index (χ3n) is 12.2. The largest absolute Gasteiger partial charge is 0.459 e. The molecule has 1 heterocycles. The number of carbonyl (C=O) groups excluding carboxylic acids is 8. The van der Waals surface area contributed by atoms with Gasteiger partial charge in [0.05, 0.1) is 11.8 Å². The second kappa shape index (κ2) is 26.6. The van der Waals surface area contributed by atoms with E-state index in [0.717, 1.165) is 63.5 Å². The molecule has 2 amide bonds. The van der Waals surface area contributed by atoms with Gasteiger partial charge in [0, 0.05) is 38.3 Å². The SMILES string of the molecule is C=CC(=O)OCCOC(=O)c1cc(OC(=O)N2CCN(C(=O)Oc3ccc(OC(=O)C4CCC(CCC)CC4)c(C(=O)OCCOC(=O)C=C)c3)CC2)ccc1OC(=O)C1CCC(CCC)CC1. The zero-order valence-corrected chi connectivity index (χ0v) is 38.9. The molecule has 0 aromatic heterocycles. The maximum absolute atomic E-state index is 13.4. The van der Waals surface area contributed by atoms with Gasteiger partial charge in [0.1, 0.15) is 60.6 Å². The van der Waals surface area contributed by atoms with Gasteiger partial charge in [-0.3, -0.25) is 9.59 Å². The highest BCUT2D eigenvalue weighted by molar-refractivity contribution is 5.95. The Labute approximate surface area is 396 Å². The average Bonchev–Trinajstić information content (AvgIpc) is 3.35. The van der Waals surface area contributed by atoms with Crippen molar-refractivity contribution < 1.29 is 76.3 Å². The molecule has 0 bridgehead atoms. The highest BCUT2D eigenvalue weighted by atomic mass is 16.6. The van der Waals surface area contributed by atoms with Crippen LogP contribution in [-0.2, 0) is 38.1 Å². The lowest BCUT2D eigenvalue weighted by molar-refractivity contribution is -0.141. The Bertz CT molecular complexity index is 1980. The Balaban J connectivity index is 1.19. The highest BCUT2D eigenvalue weighted by Gasteiger charge is 2.32.